The molecule has 2 heteroatoms. The number of rotatable bonds is 3. The molecule has 1 aromatic rings. The van der Waals surface area contributed by atoms with Gasteiger partial charge in [0, 0.05) is 23.7 Å². The Hall–Kier alpha value is -1.02. The first-order chi connectivity index (χ1) is 8.74. The topological polar surface area (TPSA) is 23.5 Å². The van der Waals surface area contributed by atoms with Gasteiger partial charge in [0.25, 0.3) is 0 Å². The Bertz CT molecular complexity index is 423. The van der Waals surface area contributed by atoms with E-state index in [2.05, 4.69) is 36.1 Å². The predicted molar refractivity (Wildman–Crippen MR) is 74.9 cm³/mol. The lowest BCUT2D eigenvalue weighted by atomic mass is 9.86. The zero-order chi connectivity index (χ0) is 12.6. The molecule has 1 unspecified atom stereocenters. The number of hydrogen-bond acceptors (Lipinski definition) is 2. The number of fused-ring (bicyclic) bond motifs is 1. The van der Waals surface area contributed by atoms with E-state index in [0.717, 1.165) is 13.0 Å². The number of hydrogen-bond donors (Lipinski definition) is 1. The largest absolute Gasteiger partial charge is 0.396 e. The zero-order valence-electron chi connectivity index (χ0n) is 11.2. The van der Waals surface area contributed by atoms with Crippen LogP contribution in [0, 0.1) is 5.41 Å². The van der Waals surface area contributed by atoms with Crippen molar-refractivity contribution in [3.63, 3.8) is 0 Å². The molecule has 1 heterocycles. The van der Waals surface area contributed by atoms with E-state index in [0.29, 0.717) is 12.6 Å². The standard InChI is InChI=1S/C16H23NO/c1-13-10-14-6-2-3-7-15(14)17(13)11-16(12-18)8-4-5-9-16/h2-3,6-7,13,18H,4-5,8-12H2,1H3. The van der Waals surface area contributed by atoms with Crippen LogP contribution in [0.5, 0.6) is 0 Å². The highest BCUT2D eigenvalue weighted by molar-refractivity contribution is 5.59. The molecule has 0 radical (unpaired) electrons. The average Bonchev–Trinajstić information content (AvgIpc) is 2.97. The van der Waals surface area contributed by atoms with Crippen molar-refractivity contribution in [3.8, 4) is 0 Å². The maximum Gasteiger partial charge on any atom is 0.0504 e. The van der Waals surface area contributed by atoms with Gasteiger partial charge in [0.05, 0.1) is 6.61 Å². The molecule has 1 aromatic carbocycles. The minimum absolute atomic E-state index is 0.158. The van der Waals surface area contributed by atoms with E-state index in [4.69, 9.17) is 0 Å². The van der Waals surface area contributed by atoms with Crippen LogP contribution in [0.3, 0.4) is 0 Å². The van der Waals surface area contributed by atoms with E-state index in [9.17, 15) is 5.11 Å². The average molecular weight is 245 g/mol. The highest BCUT2D eigenvalue weighted by Crippen LogP contribution is 2.42. The number of aliphatic hydroxyl groups is 1. The molecule has 2 nitrogen and oxygen atoms in total. The molecule has 2 aliphatic rings. The molecule has 1 aliphatic carbocycles. The summed E-state index contributed by atoms with van der Waals surface area (Å²) in [5, 5.41) is 9.78. The highest BCUT2D eigenvalue weighted by Gasteiger charge is 2.38. The van der Waals surface area contributed by atoms with Gasteiger partial charge >= 0.3 is 0 Å². The highest BCUT2D eigenvalue weighted by atomic mass is 16.3. The molecule has 3 rings (SSSR count). The third-order valence-electron chi connectivity index (χ3n) is 4.85. The molecule has 1 aliphatic heterocycles. The molecule has 0 saturated heterocycles. The Labute approximate surface area is 110 Å². The Balaban J connectivity index is 1.84. The smallest absolute Gasteiger partial charge is 0.0504 e. The first-order valence-corrected chi connectivity index (χ1v) is 7.19. The zero-order valence-corrected chi connectivity index (χ0v) is 11.2. The van der Waals surface area contributed by atoms with E-state index in [-0.39, 0.29) is 5.41 Å². The second-order valence-electron chi connectivity index (χ2n) is 6.17. The van der Waals surface area contributed by atoms with Crippen LogP contribution in [-0.2, 0) is 6.42 Å². The minimum Gasteiger partial charge on any atom is -0.396 e. The molecule has 0 amide bonds. The lowest BCUT2D eigenvalue weighted by Gasteiger charge is -2.35. The van der Waals surface area contributed by atoms with Gasteiger partial charge in [-0.1, -0.05) is 31.0 Å². The Morgan fingerprint density at radius 3 is 2.72 bits per heavy atom. The number of aliphatic hydroxyl groups excluding tert-OH is 1. The normalized spacial score (nSPS) is 25.4. The number of anilines is 1. The Kier molecular flexibility index (Phi) is 3.06. The molecular formula is C16H23NO. The van der Waals surface area contributed by atoms with E-state index in [1.165, 1.54) is 36.9 Å². The van der Waals surface area contributed by atoms with Crippen LogP contribution in [0.2, 0.25) is 0 Å². The van der Waals surface area contributed by atoms with Crippen LogP contribution in [0.15, 0.2) is 24.3 Å². The van der Waals surface area contributed by atoms with Gasteiger partial charge in [0.1, 0.15) is 0 Å². The van der Waals surface area contributed by atoms with Crippen molar-refractivity contribution in [1.29, 1.82) is 0 Å². The summed E-state index contributed by atoms with van der Waals surface area (Å²) in [5.74, 6) is 0. The fourth-order valence-corrected chi connectivity index (χ4v) is 3.72. The summed E-state index contributed by atoms with van der Waals surface area (Å²) in [5.41, 5.74) is 3.02. The van der Waals surface area contributed by atoms with Gasteiger partial charge < -0.3 is 10.0 Å². The summed E-state index contributed by atoms with van der Waals surface area (Å²) in [6, 6.07) is 9.31. The van der Waals surface area contributed by atoms with Gasteiger partial charge in [-0.25, -0.2) is 0 Å². The molecule has 98 valence electrons. The maximum absolute atomic E-state index is 9.78. The summed E-state index contributed by atoms with van der Waals surface area (Å²) in [6.45, 7) is 3.68. The number of nitrogens with zero attached hydrogens (tertiary/aromatic N) is 1. The summed E-state index contributed by atoms with van der Waals surface area (Å²) in [4.78, 5) is 2.52. The molecule has 1 atom stereocenters. The number of benzene rings is 1. The van der Waals surface area contributed by atoms with Crippen molar-refractivity contribution < 1.29 is 5.11 Å². The van der Waals surface area contributed by atoms with Crippen molar-refractivity contribution in [2.24, 2.45) is 5.41 Å². The summed E-state index contributed by atoms with van der Waals surface area (Å²) in [6.07, 6.45) is 6.09. The van der Waals surface area contributed by atoms with Crippen LogP contribution in [-0.4, -0.2) is 24.3 Å². The first kappa shape index (κ1) is 12.0. The second kappa shape index (κ2) is 4.58. The number of para-hydroxylation sites is 1. The van der Waals surface area contributed by atoms with Crippen LogP contribution < -0.4 is 4.90 Å². The molecule has 18 heavy (non-hydrogen) atoms. The molecule has 0 spiro atoms. The van der Waals surface area contributed by atoms with Gasteiger partial charge in [0.15, 0.2) is 0 Å². The van der Waals surface area contributed by atoms with Crippen molar-refractivity contribution in [2.75, 3.05) is 18.1 Å². The van der Waals surface area contributed by atoms with Gasteiger partial charge in [-0.2, -0.15) is 0 Å². The molecule has 1 N–H and O–H groups in total. The molecule has 1 saturated carbocycles. The van der Waals surface area contributed by atoms with Gasteiger partial charge in [-0.3, -0.25) is 0 Å². The van der Waals surface area contributed by atoms with Gasteiger partial charge in [-0.05, 0) is 37.8 Å². The second-order valence-corrected chi connectivity index (χ2v) is 6.17. The summed E-state index contributed by atoms with van der Waals surface area (Å²) >= 11 is 0. The summed E-state index contributed by atoms with van der Waals surface area (Å²) in [7, 11) is 0. The maximum atomic E-state index is 9.78. The lowest BCUT2D eigenvalue weighted by Crippen LogP contribution is -2.41. The first-order valence-electron chi connectivity index (χ1n) is 7.19. The third kappa shape index (κ3) is 1.93. The summed E-state index contributed by atoms with van der Waals surface area (Å²) < 4.78 is 0. The quantitative estimate of drug-likeness (QED) is 0.885. The predicted octanol–water partition coefficient (Wildman–Crippen LogP) is 2.99. The van der Waals surface area contributed by atoms with E-state index < -0.39 is 0 Å². The molecule has 1 fully saturated rings. The molecule has 0 aromatic heterocycles. The van der Waals surface area contributed by atoms with Crippen molar-refractivity contribution in [3.05, 3.63) is 29.8 Å². The molecular weight excluding hydrogens is 222 g/mol. The van der Waals surface area contributed by atoms with Crippen LogP contribution >= 0.6 is 0 Å². The Morgan fingerprint density at radius 1 is 1.28 bits per heavy atom. The van der Waals surface area contributed by atoms with Gasteiger partial charge in [-0.15, -0.1) is 0 Å². The molecule has 0 bridgehead atoms. The minimum atomic E-state index is 0.158. The van der Waals surface area contributed by atoms with E-state index in [1.807, 2.05) is 0 Å². The lowest BCUT2D eigenvalue weighted by molar-refractivity contribution is 0.134. The van der Waals surface area contributed by atoms with Crippen molar-refractivity contribution in [1.82, 2.24) is 0 Å². The van der Waals surface area contributed by atoms with Crippen LogP contribution in [0.4, 0.5) is 5.69 Å². The van der Waals surface area contributed by atoms with Crippen LogP contribution in [0.1, 0.15) is 38.2 Å². The van der Waals surface area contributed by atoms with E-state index >= 15 is 0 Å². The fourth-order valence-electron chi connectivity index (χ4n) is 3.72. The Morgan fingerprint density at radius 2 is 2.00 bits per heavy atom. The monoisotopic (exact) mass is 245 g/mol. The van der Waals surface area contributed by atoms with Crippen molar-refractivity contribution in [2.45, 2.75) is 45.1 Å². The fraction of sp³-hybridized carbons (Fsp3) is 0.625. The third-order valence-corrected chi connectivity index (χ3v) is 4.85. The van der Waals surface area contributed by atoms with E-state index in [1.54, 1.807) is 0 Å². The SMILES string of the molecule is CC1Cc2ccccc2N1CC1(CO)CCCC1. The van der Waals surface area contributed by atoms with Gasteiger partial charge in [0.2, 0.25) is 0 Å². The van der Waals surface area contributed by atoms with Crippen molar-refractivity contribution >= 4 is 5.69 Å². The van der Waals surface area contributed by atoms with Crippen LogP contribution in [0.25, 0.3) is 0 Å².